The third-order valence-electron chi connectivity index (χ3n) is 3.01. The van der Waals surface area contributed by atoms with Crippen molar-refractivity contribution in [3.8, 4) is 0 Å². The number of nitrogens with zero attached hydrogens (tertiary/aromatic N) is 1. The Morgan fingerprint density at radius 1 is 1.00 bits per heavy atom. The molecule has 0 aromatic heterocycles. The van der Waals surface area contributed by atoms with Crippen LogP contribution >= 0.6 is 0 Å². The van der Waals surface area contributed by atoms with Crippen LogP contribution in [-0.4, -0.2) is 49.8 Å². The maximum absolute atomic E-state index is 5.40. The molecule has 0 aliphatic heterocycles. The Bertz CT molecular complexity index is 178. The molecule has 3 nitrogen and oxygen atoms in total. The van der Waals surface area contributed by atoms with Crippen LogP contribution in [-0.2, 0) is 4.74 Å². The molecule has 0 fully saturated rings. The molecule has 0 unspecified atom stereocenters. The van der Waals surface area contributed by atoms with Crippen LogP contribution in [0.5, 0.6) is 0 Å². The van der Waals surface area contributed by atoms with Crippen LogP contribution < -0.4 is 5.32 Å². The van der Waals surface area contributed by atoms with E-state index in [1.165, 1.54) is 25.8 Å². The summed E-state index contributed by atoms with van der Waals surface area (Å²) in [5.74, 6) is 0. The quantitative estimate of drug-likeness (QED) is 0.577. The van der Waals surface area contributed by atoms with Crippen LogP contribution in [0.3, 0.4) is 0 Å². The van der Waals surface area contributed by atoms with Gasteiger partial charge < -0.3 is 15.0 Å². The standard InChI is InChI=1S/C15H34N2O/c1-6-17(13-14-18-7-2)12-10-8-9-11-16-15(3,4)5/h16H,6-14H2,1-5H3. The smallest absolute Gasteiger partial charge is 0.0593 e. The van der Waals surface area contributed by atoms with Crippen molar-refractivity contribution in [1.29, 1.82) is 0 Å². The first kappa shape index (κ1) is 17.9. The van der Waals surface area contributed by atoms with E-state index in [-0.39, 0.29) is 5.54 Å². The molecule has 0 atom stereocenters. The van der Waals surface area contributed by atoms with Crippen molar-refractivity contribution in [3.63, 3.8) is 0 Å². The van der Waals surface area contributed by atoms with E-state index in [0.29, 0.717) is 0 Å². The van der Waals surface area contributed by atoms with Gasteiger partial charge in [-0.15, -0.1) is 0 Å². The van der Waals surface area contributed by atoms with Gasteiger partial charge in [0.25, 0.3) is 0 Å². The molecule has 0 aliphatic rings. The highest BCUT2D eigenvalue weighted by molar-refractivity contribution is 4.69. The van der Waals surface area contributed by atoms with Gasteiger partial charge in [0, 0.05) is 18.7 Å². The van der Waals surface area contributed by atoms with Crippen molar-refractivity contribution in [2.45, 2.75) is 59.4 Å². The van der Waals surface area contributed by atoms with Gasteiger partial charge in [-0.3, -0.25) is 0 Å². The topological polar surface area (TPSA) is 24.5 Å². The minimum absolute atomic E-state index is 0.257. The van der Waals surface area contributed by atoms with Gasteiger partial charge in [-0.25, -0.2) is 0 Å². The summed E-state index contributed by atoms with van der Waals surface area (Å²) in [5.41, 5.74) is 0.257. The average Bonchev–Trinajstić information content (AvgIpc) is 2.30. The summed E-state index contributed by atoms with van der Waals surface area (Å²) in [6, 6.07) is 0. The van der Waals surface area contributed by atoms with Gasteiger partial charge in [-0.1, -0.05) is 13.3 Å². The molecule has 0 heterocycles. The zero-order valence-electron chi connectivity index (χ0n) is 13.2. The van der Waals surface area contributed by atoms with Crippen LogP contribution in [0.2, 0.25) is 0 Å². The number of nitrogens with one attached hydrogen (secondary N) is 1. The maximum Gasteiger partial charge on any atom is 0.0593 e. The summed E-state index contributed by atoms with van der Waals surface area (Å²) < 4.78 is 5.40. The summed E-state index contributed by atoms with van der Waals surface area (Å²) in [7, 11) is 0. The fourth-order valence-corrected chi connectivity index (χ4v) is 1.87. The number of ether oxygens (including phenoxy) is 1. The molecular weight excluding hydrogens is 224 g/mol. The summed E-state index contributed by atoms with van der Waals surface area (Å²) in [6.45, 7) is 17.2. The SMILES string of the molecule is CCOCCN(CC)CCCCCNC(C)(C)C. The molecule has 0 saturated carbocycles. The van der Waals surface area contributed by atoms with Gasteiger partial charge in [0.2, 0.25) is 0 Å². The van der Waals surface area contributed by atoms with Crippen LogP contribution in [0.25, 0.3) is 0 Å². The van der Waals surface area contributed by atoms with E-state index < -0.39 is 0 Å². The zero-order valence-corrected chi connectivity index (χ0v) is 13.2. The highest BCUT2D eigenvalue weighted by atomic mass is 16.5. The van der Waals surface area contributed by atoms with Crippen molar-refractivity contribution >= 4 is 0 Å². The molecule has 0 rings (SSSR count). The second-order valence-corrected chi connectivity index (χ2v) is 5.87. The minimum Gasteiger partial charge on any atom is -0.380 e. The molecule has 0 radical (unpaired) electrons. The normalized spacial score (nSPS) is 12.3. The lowest BCUT2D eigenvalue weighted by Gasteiger charge is -2.21. The van der Waals surface area contributed by atoms with Crippen molar-refractivity contribution in [2.24, 2.45) is 0 Å². The second kappa shape index (κ2) is 10.8. The highest BCUT2D eigenvalue weighted by Crippen LogP contribution is 2.02. The number of likely N-dealkylation sites (N-methyl/N-ethyl adjacent to an activating group) is 1. The molecule has 0 bridgehead atoms. The molecule has 3 heteroatoms. The molecule has 110 valence electrons. The van der Waals surface area contributed by atoms with Crippen LogP contribution in [0, 0.1) is 0 Å². The Balaban J connectivity index is 3.39. The summed E-state index contributed by atoms with van der Waals surface area (Å²) in [6.07, 6.45) is 3.89. The minimum atomic E-state index is 0.257. The van der Waals surface area contributed by atoms with Gasteiger partial charge in [0.05, 0.1) is 6.61 Å². The summed E-state index contributed by atoms with van der Waals surface area (Å²) in [4.78, 5) is 2.48. The predicted octanol–water partition coefficient (Wildman–Crippen LogP) is 2.90. The molecule has 0 amide bonds. The lowest BCUT2D eigenvalue weighted by Crippen LogP contribution is -2.36. The summed E-state index contributed by atoms with van der Waals surface area (Å²) in [5, 5.41) is 3.53. The van der Waals surface area contributed by atoms with E-state index >= 15 is 0 Å². The van der Waals surface area contributed by atoms with Gasteiger partial charge in [0.1, 0.15) is 0 Å². The van der Waals surface area contributed by atoms with Crippen LogP contribution in [0.15, 0.2) is 0 Å². The Morgan fingerprint density at radius 3 is 2.28 bits per heavy atom. The van der Waals surface area contributed by atoms with Gasteiger partial charge >= 0.3 is 0 Å². The predicted molar refractivity (Wildman–Crippen MR) is 80.2 cm³/mol. The van der Waals surface area contributed by atoms with Crippen molar-refractivity contribution in [2.75, 3.05) is 39.4 Å². The first-order valence-electron chi connectivity index (χ1n) is 7.54. The lowest BCUT2D eigenvalue weighted by molar-refractivity contribution is 0.114. The van der Waals surface area contributed by atoms with E-state index in [0.717, 1.165) is 32.8 Å². The monoisotopic (exact) mass is 258 g/mol. The Morgan fingerprint density at radius 2 is 1.72 bits per heavy atom. The van der Waals surface area contributed by atoms with E-state index in [2.05, 4.69) is 44.8 Å². The average molecular weight is 258 g/mol. The first-order chi connectivity index (χ1) is 8.49. The van der Waals surface area contributed by atoms with Crippen LogP contribution in [0.4, 0.5) is 0 Å². The van der Waals surface area contributed by atoms with Crippen molar-refractivity contribution in [1.82, 2.24) is 10.2 Å². The number of hydrogen-bond acceptors (Lipinski definition) is 3. The number of rotatable bonds is 11. The number of unbranched alkanes of at least 4 members (excludes halogenated alkanes) is 2. The fourth-order valence-electron chi connectivity index (χ4n) is 1.87. The van der Waals surface area contributed by atoms with Gasteiger partial charge in [-0.05, 0) is 60.2 Å². The molecule has 0 spiro atoms. The molecule has 0 aliphatic carbocycles. The third-order valence-corrected chi connectivity index (χ3v) is 3.01. The van der Waals surface area contributed by atoms with E-state index in [4.69, 9.17) is 4.74 Å². The third kappa shape index (κ3) is 12.3. The Labute approximate surface area is 114 Å². The van der Waals surface area contributed by atoms with E-state index in [9.17, 15) is 0 Å². The maximum atomic E-state index is 5.40. The lowest BCUT2D eigenvalue weighted by atomic mass is 10.1. The molecule has 1 N–H and O–H groups in total. The Hall–Kier alpha value is -0.120. The molecule has 0 saturated heterocycles. The fraction of sp³-hybridized carbons (Fsp3) is 1.00. The van der Waals surface area contributed by atoms with Gasteiger partial charge in [0.15, 0.2) is 0 Å². The van der Waals surface area contributed by atoms with Crippen molar-refractivity contribution < 1.29 is 4.74 Å². The Kier molecular flexibility index (Phi) is 10.7. The van der Waals surface area contributed by atoms with Gasteiger partial charge in [-0.2, -0.15) is 0 Å². The first-order valence-corrected chi connectivity index (χ1v) is 7.54. The second-order valence-electron chi connectivity index (χ2n) is 5.87. The van der Waals surface area contributed by atoms with E-state index in [1.807, 2.05) is 0 Å². The largest absolute Gasteiger partial charge is 0.380 e. The molecule has 0 aromatic carbocycles. The number of hydrogen-bond donors (Lipinski definition) is 1. The van der Waals surface area contributed by atoms with Crippen molar-refractivity contribution in [3.05, 3.63) is 0 Å². The summed E-state index contributed by atoms with van der Waals surface area (Å²) >= 11 is 0. The molecule has 0 aromatic rings. The van der Waals surface area contributed by atoms with Crippen LogP contribution in [0.1, 0.15) is 53.9 Å². The zero-order chi connectivity index (χ0) is 13.9. The molecule has 18 heavy (non-hydrogen) atoms. The van der Waals surface area contributed by atoms with E-state index in [1.54, 1.807) is 0 Å². The highest BCUT2D eigenvalue weighted by Gasteiger charge is 2.07. The molecular formula is C15H34N2O.